The van der Waals surface area contributed by atoms with Crippen molar-refractivity contribution in [2.24, 2.45) is 0 Å². The lowest BCUT2D eigenvalue weighted by atomic mass is 10.2. The van der Waals surface area contributed by atoms with Crippen LogP contribution in [-0.4, -0.2) is 58.8 Å². The molecule has 0 aromatic heterocycles. The summed E-state index contributed by atoms with van der Waals surface area (Å²) in [6.07, 6.45) is 3.06. The zero-order chi connectivity index (χ0) is 19.9. The summed E-state index contributed by atoms with van der Waals surface area (Å²) in [7, 11) is 3.92. The van der Waals surface area contributed by atoms with Crippen molar-refractivity contribution in [3.05, 3.63) is 36.0 Å². The van der Waals surface area contributed by atoms with Gasteiger partial charge in [-0.3, -0.25) is 0 Å². The van der Waals surface area contributed by atoms with Gasteiger partial charge in [0.2, 0.25) is 0 Å². The van der Waals surface area contributed by atoms with Crippen LogP contribution in [0.4, 0.5) is 0 Å². The highest BCUT2D eigenvalue weighted by atomic mass is 16.4. The van der Waals surface area contributed by atoms with Gasteiger partial charge >= 0.3 is 17.9 Å². The molecule has 0 aliphatic heterocycles. The number of carboxylic acid groups (broad SMARTS) is 3. The lowest BCUT2D eigenvalue weighted by Gasteiger charge is -2.05. The zero-order valence-electron chi connectivity index (χ0n) is 15.1. The lowest BCUT2D eigenvalue weighted by Crippen LogP contribution is -2.12. The molecule has 0 aliphatic carbocycles. The van der Waals surface area contributed by atoms with Crippen LogP contribution in [0.5, 0.6) is 0 Å². The maximum atomic E-state index is 10.3. The predicted molar refractivity (Wildman–Crippen MR) is 94.1 cm³/mol. The molecule has 24 heavy (non-hydrogen) atoms. The summed E-state index contributed by atoms with van der Waals surface area (Å²) < 4.78 is 0. The van der Waals surface area contributed by atoms with Crippen molar-refractivity contribution >= 4 is 17.9 Å². The minimum absolute atomic E-state index is 0.176. The van der Waals surface area contributed by atoms with Gasteiger partial charge in [0.25, 0.3) is 0 Å². The highest BCUT2D eigenvalue weighted by molar-refractivity contribution is 5.86. The van der Waals surface area contributed by atoms with Crippen molar-refractivity contribution in [1.29, 1.82) is 0 Å². The molecule has 0 aromatic carbocycles. The molecule has 3 N–H and O–H groups in total. The second-order valence-electron chi connectivity index (χ2n) is 5.13. The van der Waals surface area contributed by atoms with Crippen LogP contribution in [0.3, 0.4) is 0 Å². The van der Waals surface area contributed by atoms with Crippen molar-refractivity contribution in [2.45, 2.75) is 33.6 Å². The van der Waals surface area contributed by atoms with E-state index in [1.54, 1.807) is 19.9 Å². The van der Waals surface area contributed by atoms with E-state index in [1.165, 1.54) is 6.92 Å². The van der Waals surface area contributed by atoms with E-state index < -0.39 is 17.9 Å². The largest absolute Gasteiger partial charge is 0.478 e. The Morgan fingerprint density at radius 1 is 0.958 bits per heavy atom. The predicted octanol–water partition coefficient (Wildman–Crippen LogP) is 2.65. The lowest BCUT2D eigenvalue weighted by molar-refractivity contribution is -0.133. The van der Waals surface area contributed by atoms with Crippen molar-refractivity contribution in [3.63, 3.8) is 0 Å². The Kier molecular flexibility index (Phi) is 17.1. The molecule has 0 amide bonds. The summed E-state index contributed by atoms with van der Waals surface area (Å²) in [6.45, 7) is 12.1. The van der Waals surface area contributed by atoms with Gasteiger partial charge in [-0.15, -0.1) is 0 Å². The third-order valence-corrected chi connectivity index (χ3v) is 2.46. The van der Waals surface area contributed by atoms with Crippen LogP contribution in [0.25, 0.3) is 0 Å². The van der Waals surface area contributed by atoms with E-state index >= 15 is 0 Å². The van der Waals surface area contributed by atoms with Gasteiger partial charge in [0.15, 0.2) is 0 Å². The molecule has 0 saturated heterocycles. The molecule has 0 radical (unpaired) electrons. The van der Waals surface area contributed by atoms with E-state index in [4.69, 9.17) is 15.3 Å². The van der Waals surface area contributed by atoms with Gasteiger partial charge in [-0.05, 0) is 40.8 Å². The van der Waals surface area contributed by atoms with Crippen LogP contribution in [0.2, 0.25) is 0 Å². The molecule has 7 nitrogen and oxygen atoms in total. The first-order valence-corrected chi connectivity index (χ1v) is 7.21. The summed E-state index contributed by atoms with van der Waals surface area (Å²) in [6, 6.07) is 0. The first kappa shape index (κ1) is 26.5. The van der Waals surface area contributed by atoms with Crippen molar-refractivity contribution in [3.8, 4) is 0 Å². The van der Waals surface area contributed by atoms with Crippen LogP contribution >= 0.6 is 0 Å². The molecule has 0 atom stereocenters. The molecule has 0 heterocycles. The number of carbonyl (C=O) groups is 3. The monoisotopic (exact) mass is 343 g/mol. The van der Waals surface area contributed by atoms with Gasteiger partial charge in [-0.25, -0.2) is 14.4 Å². The maximum absolute atomic E-state index is 10.3. The number of carboxylic acids is 3. The normalized spacial score (nSPS) is 9.83. The van der Waals surface area contributed by atoms with Gasteiger partial charge in [-0.1, -0.05) is 26.2 Å². The molecule has 0 aliphatic rings. The molecular formula is C17H29NO6. The quantitative estimate of drug-likeness (QED) is 0.609. The third-order valence-electron chi connectivity index (χ3n) is 2.46. The van der Waals surface area contributed by atoms with Crippen molar-refractivity contribution in [1.82, 2.24) is 4.90 Å². The maximum Gasteiger partial charge on any atom is 0.330 e. The molecule has 138 valence electrons. The Morgan fingerprint density at radius 3 is 1.54 bits per heavy atom. The number of hydrogen-bond acceptors (Lipinski definition) is 4. The molecule has 0 unspecified atom stereocenters. The Bertz CT molecular complexity index is 465. The van der Waals surface area contributed by atoms with Crippen LogP contribution in [0, 0.1) is 0 Å². The summed E-state index contributed by atoms with van der Waals surface area (Å²) in [5.41, 5.74) is 0.863. The minimum atomic E-state index is -0.935. The first-order chi connectivity index (χ1) is 10.9. The second-order valence-corrected chi connectivity index (χ2v) is 5.13. The molecule has 0 fully saturated rings. The smallest absolute Gasteiger partial charge is 0.330 e. The zero-order valence-corrected chi connectivity index (χ0v) is 15.1. The van der Waals surface area contributed by atoms with E-state index in [9.17, 15) is 14.4 Å². The summed E-state index contributed by atoms with van der Waals surface area (Å²) in [4.78, 5) is 31.7. The summed E-state index contributed by atoms with van der Waals surface area (Å²) in [5.74, 6) is -2.67. The molecule has 0 spiro atoms. The molecular weight excluding hydrogens is 314 g/mol. The van der Waals surface area contributed by atoms with Crippen LogP contribution < -0.4 is 0 Å². The van der Waals surface area contributed by atoms with Crippen molar-refractivity contribution < 1.29 is 29.7 Å². The fourth-order valence-corrected chi connectivity index (χ4v) is 0.778. The summed E-state index contributed by atoms with van der Waals surface area (Å²) in [5, 5.41) is 24.4. The van der Waals surface area contributed by atoms with Crippen molar-refractivity contribution in [2.75, 3.05) is 20.6 Å². The van der Waals surface area contributed by atoms with Gasteiger partial charge in [0.05, 0.1) is 0 Å². The van der Waals surface area contributed by atoms with Crippen LogP contribution in [-0.2, 0) is 14.4 Å². The Balaban J connectivity index is -0.000000294. The molecule has 0 bridgehead atoms. The van der Waals surface area contributed by atoms with Gasteiger partial charge in [0, 0.05) is 23.3 Å². The van der Waals surface area contributed by atoms with Crippen LogP contribution in [0.1, 0.15) is 33.6 Å². The van der Waals surface area contributed by atoms with Gasteiger partial charge in [-0.2, -0.15) is 0 Å². The standard InChI is InChI=1S/C8H15NO2.C5H8O2.C4H6O2/c1-7(8(10)11)5-4-6-9(2)3;1-3-4(2)5(6)7;1-3(2)4(5)6/h5H,4,6H2,1-3H3,(H,10,11);2-3H2,1H3,(H,6,7);1H2,2H3,(H,5,6). The fourth-order valence-electron chi connectivity index (χ4n) is 0.778. The summed E-state index contributed by atoms with van der Waals surface area (Å²) >= 11 is 0. The Hall–Kier alpha value is -2.41. The van der Waals surface area contributed by atoms with E-state index in [0.29, 0.717) is 12.0 Å². The average molecular weight is 343 g/mol. The van der Waals surface area contributed by atoms with E-state index in [2.05, 4.69) is 13.2 Å². The topological polar surface area (TPSA) is 115 Å². The van der Waals surface area contributed by atoms with Gasteiger partial charge < -0.3 is 20.2 Å². The SMILES string of the molecule is C=C(C)C(=O)O.C=C(CC)C(=O)O.CC(=CCCN(C)C)C(=O)O. The van der Waals surface area contributed by atoms with E-state index in [-0.39, 0.29) is 11.1 Å². The molecule has 0 rings (SSSR count). The van der Waals surface area contributed by atoms with E-state index in [0.717, 1.165) is 13.0 Å². The number of aliphatic carboxylic acids is 3. The Morgan fingerprint density at radius 2 is 1.38 bits per heavy atom. The molecule has 0 aromatic rings. The Labute approximate surface area is 143 Å². The van der Waals surface area contributed by atoms with E-state index in [1.807, 2.05) is 19.0 Å². The fraction of sp³-hybridized carbons (Fsp3) is 0.471. The first-order valence-electron chi connectivity index (χ1n) is 7.21. The van der Waals surface area contributed by atoms with Crippen LogP contribution in [0.15, 0.2) is 36.0 Å². The average Bonchev–Trinajstić information content (AvgIpc) is 2.46. The van der Waals surface area contributed by atoms with Gasteiger partial charge in [0.1, 0.15) is 0 Å². The highest BCUT2D eigenvalue weighted by Crippen LogP contribution is 1.95. The minimum Gasteiger partial charge on any atom is -0.478 e. The molecule has 7 heteroatoms. The number of rotatable bonds is 7. The number of nitrogens with zero attached hydrogens (tertiary/aromatic N) is 1. The number of hydrogen-bond donors (Lipinski definition) is 3. The second kappa shape index (κ2) is 15.5. The highest BCUT2D eigenvalue weighted by Gasteiger charge is 1.97. The third kappa shape index (κ3) is 21.9. The molecule has 0 saturated carbocycles.